The highest BCUT2D eigenvalue weighted by atomic mass is 16.5. The molecule has 4 atom stereocenters. The SMILES string of the molecule is CC(C)COC1CC(NC2CCCC2C#N)C1(C)C. The lowest BCUT2D eigenvalue weighted by Gasteiger charge is -2.53. The summed E-state index contributed by atoms with van der Waals surface area (Å²) >= 11 is 0. The van der Waals surface area contributed by atoms with Crippen LogP contribution in [0.2, 0.25) is 0 Å². The second-order valence-electron chi connectivity index (χ2n) is 7.27. The lowest BCUT2D eigenvalue weighted by molar-refractivity contribution is -0.126. The Labute approximate surface area is 117 Å². The van der Waals surface area contributed by atoms with Crippen LogP contribution in [0.5, 0.6) is 0 Å². The molecule has 0 spiro atoms. The molecule has 2 saturated carbocycles. The molecule has 3 heteroatoms. The first-order chi connectivity index (χ1) is 8.95. The van der Waals surface area contributed by atoms with Gasteiger partial charge in [-0.15, -0.1) is 0 Å². The molecule has 2 rings (SSSR count). The van der Waals surface area contributed by atoms with Gasteiger partial charge in [0.2, 0.25) is 0 Å². The molecular formula is C16H28N2O. The normalized spacial score (nSPS) is 37.1. The fourth-order valence-electron chi connectivity index (χ4n) is 3.33. The van der Waals surface area contributed by atoms with Gasteiger partial charge in [-0.05, 0) is 25.2 Å². The quantitative estimate of drug-likeness (QED) is 0.830. The Bertz CT molecular complexity index is 345. The van der Waals surface area contributed by atoms with Crippen LogP contribution in [0.25, 0.3) is 0 Å². The van der Waals surface area contributed by atoms with Gasteiger partial charge in [0, 0.05) is 24.1 Å². The molecule has 0 aliphatic heterocycles. The van der Waals surface area contributed by atoms with E-state index in [0.29, 0.717) is 24.1 Å². The number of hydrogen-bond donors (Lipinski definition) is 1. The van der Waals surface area contributed by atoms with Crippen molar-refractivity contribution in [1.29, 1.82) is 5.26 Å². The lowest BCUT2D eigenvalue weighted by Crippen LogP contribution is -2.63. The Balaban J connectivity index is 1.82. The van der Waals surface area contributed by atoms with Crippen molar-refractivity contribution in [2.45, 2.75) is 71.6 Å². The summed E-state index contributed by atoms with van der Waals surface area (Å²) in [6.07, 6.45) is 4.87. The minimum atomic E-state index is 0.192. The molecule has 0 aromatic heterocycles. The summed E-state index contributed by atoms with van der Waals surface area (Å²) < 4.78 is 6.00. The van der Waals surface area contributed by atoms with Gasteiger partial charge in [0.15, 0.2) is 0 Å². The van der Waals surface area contributed by atoms with Gasteiger partial charge in [-0.3, -0.25) is 0 Å². The third-order valence-electron chi connectivity index (χ3n) is 4.91. The summed E-state index contributed by atoms with van der Waals surface area (Å²) in [5.41, 5.74) is 0.192. The molecule has 0 aromatic rings. The van der Waals surface area contributed by atoms with Gasteiger partial charge in [-0.1, -0.05) is 34.1 Å². The Morgan fingerprint density at radius 3 is 2.68 bits per heavy atom. The number of nitriles is 1. The summed E-state index contributed by atoms with van der Waals surface area (Å²) in [7, 11) is 0. The number of nitrogens with zero attached hydrogens (tertiary/aromatic N) is 1. The Morgan fingerprint density at radius 2 is 2.11 bits per heavy atom. The van der Waals surface area contributed by atoms with Gasteiger partial charge < -0.3 is 10.1 Å². The van der Waals surface area contributed by atoms with Gasteiger partial charge >= 0.3 is 0 Å². The smallest absolute Gasteiger partial charge is 0.0672 e. The fraction of sp³-hybridized carbons (Fsp3) is 0.938. The zero-order valence-corrected chi connectivity index (χ0v) is 12.8. The maximum Gasteiger partial charge on any atom is 0.0672 e. The predicted octanol–water partition coefficient (Wildman–Crippen LogP) is 3.11. The van der Waals surface area contributed by atoms with Gasteiger partial charge in [0.25, 0.3) is 0 Å². The summed E-state index contributed by atoms with van der Waals surface area (Å²) in [6.45, 7) is 9.81. The van der Waals surface area contributed by atoms with E-state index in [1.165, 1.54) is 6.42 Å². The van der Waals surface area contributed by atoms with Crippen molar-refractivity contribution in [2.75, 3.05) is 6.61 Å². The van der Waals surface area contributed by atoms with Gasteiger partial charge in [0.05, 0.1) is 18.1 Å². The molecule has 0 bridgehead atoms. The Morgan fingerprint density at radius 1 is 1.37 bits per heavy atom. The maximum absolute atomic E-state index is 9.15. The number of nitrogens with one attached hydrogen (secondary N) is 1. The average molecular weight is 264 g/mol. The second kappa shape index (κ2) is 5.81. The zero-order chi connectivity index (χ0) is 14.0. The second-order valence-corrected chi connectivity index (χ2v) is 7.27. The van der Waals surface area contributed by atoms with E-state index in [4.69, 9.17) is 10.00 Å². The van der Waals surface area contributed by atoms with Crippen LogP contribution in [-0.2, 0) is 4.74 Å². The molecule has 0 aromatic carbocycles. The fourth-order valence-corrected chi connectivity index (χ4v) is 3.33. The molecule has 2 aliphatic rings. The molecule has 0 radical (unpaired) electrons. The zero-order valence-electron chi connectivity index (χ0n) is 12.8. The van der Waals surface area contributed by atoms with E-state index in [0.717, 1.165) is 25.9 Å². The van der Waals surface area contributed by atoms with E-state index in [-0.39, 0.29) is 11.3 Å². The van der Waals surface area contributed by atoms with Crippen LogP contribution in [0.1, 0.15) is 53.4 Å². The number of rotatable bonds is 5. The summed E-state index contributed by atoms with van der Waals surface area (Å²) in [4.78, 5) is 0. The number of hydrogen-bond acceptors (Lipinski definition) is 3. The lowest BCUT2D eigenvalue weighted by atomic mass is 9.64. The van der Waals surface area contributed by atoms with Gasteiger partial charge in [0.1, 0.15) is 0 Å². The predicted molar refractivity (Wildman–Crippen MR) is 76.6 cm³/mol. The molecule has 3 nitrogen and oxygen atoms in total. The van der Waals surface area contributed by atoms with Crippen LogP contribution >= 0.6 is 0 Å². The molecular weight excluding hydrogens is 236 g/mol. The van der Waals surface area contributed by atoms with Crippen molar-refractivity contribution in [3.63, 3.8) is 0 Å². The van der Waals surface area contributed by atoms with Crippen LogP contribution in [0.3, 0.4) is 0 Å². The third kappa shape index (κ3) is 3.12. The molecule has 0 amide bonds. The minimum Gasteiger partial charge on any atom is -0.377 e. The topological polar surface area (TPSA) is 45.0 Å². The maximum atomic E-state index is 9.15. The van der Waals surface area contributed by atoms with Crippen LogP contribution < -0.4 is 5.32 Å². The summed E-state index contributed by atoms with van der Waals surface area (Å²) in [6, 6.07) is 3.36. The van der Waals surface area contributed by atoms with E-state index in [2.05, 4.69) is 39.1 Å². The van der Waals surface area contributed by atoms with Crippen LogP contribution in [0.4, 0.5) is 0 Å². The van der Waals surface area contributed by atoms with E-state index < -0.39 is 0 Å². The van der Waals surface area contributed by atoms with Crippen LogP contribution in [-0.4, -0.2) is 24.8 Å². The van der Waals surface area contributed by atoms with E-state index in [9.17, 15) is 0 Å². The monoisotopic (exact) mass is 264 g/mol. The van der Waals surface area contributed by atoms with Crippen molar-refractivity contribution in [3.8, 4) is 6.07 Å². The van der Waals surface area contributed by atoms with Gasteiger partial charge in [-0.25, -0.2) is 0 Å². The number of ether oxygens (including phenoxy) is 1. The van der Waals surface area contributed by atoms with E-state index in [1.807, 2.05) is 0 Å². The highest BCUT2D eigenvalue weighted by molar-refractivity contribution is 5.06. The molecule has 4 unspecified atom stereocenters. The Kier molecular flexibility index (Phi) is 4.53. The summed E-state index contributed by atoms with van der Waals surface area (Å²) in [5, 5.41) is 12.9. The Hall–Kier alpha value is -0.590. The molecule has 108 valence electrons. The molecule has 1 N–H and O–H groups in total. The van der Waals surface area contributed by atoms with Crippen molar-refractivity contribution >= 4 is 0 Å². The van der Waals surface area contributed by atoms with Crippen molar-refractivity contribution in [2.24, 2.45) is 17.3 Å². The van der Waals surface area contributed by atoms with Crippen molar-refractivity contribution in [1.82, 2.24) is 5.32 Å². The molecule has 0 saturated heterocycles. The first kappa shape index (κ1) is 14.8. The standard InChI is InChI=1S/C16H28N2O/c1-11(2)10-19-15-8-14(16(15,3)4)18-13-7-5-6-12(13)9-17/h11-15,18H,5-8,10H2,1-4H3. The third-order valence-corrected chi connectivity index (χ3v) is 4.91. The highest BCUT2D eigenvalue weighted by Gasteiger charge is 2.50. The van der Waals surface area contributed by atoms with E-state index in [1.54, 1.807) is 0 Å². The molecule has 19 heavy (non-hydrogen) atoms. The van der Waals surface area contributed by atoms with Gasteiger partial charge in [-0.2, -0.15) is 5.26 Å². The first-order valence-electron chi connectivity index (χ1n) is 7.72. The highest BCUT2D eigenvalue weighted by Crippen LogP contribution is 2.44. The largest absolute Gasteiger partial charge is 0.377 e. The minimum absolute atomic E-state index is 0.192. The van der Waals surface area contributed by atoms with E-state index >= 15 is 0 Å². The van der Waals surface area contributed by atoms with Crippen LogP contribution in [0.15, 0.2) is 0 Å². The molecule has 2 aliphatic carbocycles. The van der Waals surface area contributed by atoms with Crippen molar-refractivity contribution in [3.05, 3.63) is 0 Å². The molecule has 0 heterocycles. The molecule has 2 fully saturated rings. The summed E-state index contributed by atoms with van der Waals surface area (Å²) in [5.74, 6) is 0.812. The first-order valence-corrected chi connectivity index (χ1v) is 7.72. The average Bonchev–Trinajstić information content (AvgIpc) is 2.79. The van der Waals surface area contributed by atoms with Crippen molar-refractivity contribution < 1.29 is 4.74 Å². The van der Waals surface area contributed by atoms with Crippen LogP contribution in [0, 0.1) is 28.6 Å².